The van der Waals surface area contributed by atoms with Gasteiger partial charge in [0.05, 0.1) is 17.7 Å². The summed E-state index contributed by atoms with van der Waals surface area (Å²) in [5, 5.41) is 8.84. The summed E-state index contributed by atoms with van der Waals surface area (Å²) < 4.78 is 11.9. The summed E-state index contributed by atoms with van der Waals surface area (Å²) >= 11 is 3.50. The normalized spacial score (nSPS) is 10.1. The standard InChI is InChI=1S/C16H15BrN2O3/c1-3-21-11-7-12(15(17)14(8-11)22-4-2)13-6-5-10(9-18)16(20)19-13/h5-8H,3-4H2,1-2H3,(H,19,20). The molecule has 2 rings (SSSR count). The molecule has 114 valence electrons. The highest BCUT2D eigenvalue weighted by Crippen LogP contribution is 2.38. The van der Waals surface area contributed by atoms with Gasteiger partial charge in [0.2, 0.25) is 0 Å². The van der Waals surface area contributed by atoms with Gasteiger partial charge in [0.15, 0.2) is 0 Å². The van der Waals surface area contributed by atoms with Gasteiger partial charge in [-0.05, 0) is 48.0 Å². The van der Waals surface area contributed by atoms with E-state index in [-0.39, 0.29) is 5.56 Å². The van der Waals surface area contributed by atoms with Crippen LogP contribution in [0.5, 0.6) is 11.5 Å². The van der Waals surface area contributed by atoms with Crippen LogP contribution in [-0.4, -0.2) is 18.2 Å². The fraction of sp³-hybridized carbons (Fsp3) is 0.250. The molecule has 1 aromatic carbocycles. The number of ether oxygens (including phenoxy) is 2. The molecule has 0 aliphatic rings. The van der Waals surface area contributed by atoms with E-state index in [0.29, 0.717) is 30.4 Å². The quantitative estimate of drug-likeness (QED) is 0.883. The first-order valence-electron chi connectivity index (χ1n) is 6.83. The second-order valence-electron chi connectivity index (χ2n) is 4.38. The molecule has 0 aliphatic heterocycles. The summed E-state index contributed by atoms with van der Waals surface area (Å²) in [6, 6.07) is 8.63. The molecule has 0 radical (unpaired) electrons. The van der Waals surface area contributed by atoms with Crippen LogP contribution < -0.4 is 15.0 Å². The van der Waals surface area contributed by atoms with Crippen molar-refractivity contribution >= 4 is 15.9 Å². The van der Waals surface area contributed by atoms with Gasteiger partial charge < -0.3 is 14.5 Å². The predicted molar refractivity (Wildman–Crippen MR) is 87.3 cm³/mol. The molecule has 0 amide bonds. The molecule has 22 heavy (non-hydrogen) atoms. The van der Waals surface area contributed by atoms with E-state index < -0.39 is 5.56 Å². The molecule has 0 saturated carbocycles. The molecule has 0 aliphatic carbocycles. The van der Waals surface area contributed by atoms with Crippen LogP contribution in [0.15, 0.2) is 33.5 Å². The van der Waals surface area contributed by atoms with Crippen molar-refractivity contribution in [2.24, 2.45) is 0 Å². The van der Waals surface area contributed by atoms with Gasteiger partial charge in [0.1, 0.15) is 23.1 Å². The van der Waals surface area contributed by atoms with Gasteiger partial charge in [-0.1, -0.05) is 0 Å². The third kappa shape index (κ3) is 3.31. The van der Waals surface area contributed by atoms with Gasteiger partial charge in [-0.3, -0.25) is 4.79 Å². The van der Waals surface area contributed by atoms with E-state index in [4.69, 9.17) is 14.7 Å². The molecule has 6 heteroatoms. The summed E-state index contributed by atoms with van der Waals surface area (Å²) in [6.07, 6.45) is 0. The molecular formula is C16H15BrN2O3. The number of nitrogens with one attached hydrogen (secondary N) is 1. The van der Waals surface area contributed by atoms with Crippen molar-refractivity contribution in [1.82, 2.24) is 4.98 Å². The third-order valence-electron chi connectivity index (χ3n) is 2.94. The number of halogens is 1. The van der Waals surface area contributed by atoms with Crippen LogP contribution in [0, 0.1) is 11.3 Å². The molecule has 1 aromatic heterocycles. The summed E-state index contributed by atoms with van der Waals surface area (Å²) in [4.78, 5) is 14.5. The van der Waals surface area contributed by atoms with Crippen LogP contribution in [0.1, 0.15) is 19.4 Å². The Bertz CT molecular complexity index is 778. The Balaban J connectivity index is 2.60. The van der Waals surface area contributed by atoms with Crippen LogP contribution >= 0.6 is 15.9 Å². The molecule has 0 atom stereocenters. The Hall–Kier alpha value is -2.26. The topological polar surface area (TPSA) is 75.1 Å². The highest BCUT2D eigenvalue weighted by atomic mass is 79.9. The fourth-order valence-corrected chi connectivity index (χ4v) is 2.55. The van der Waals surface area contributed by atoms with Crippen molar-refractivity contribution in [1.29, 1.82) is 5.26 Å². The first-order valence-corrected chi connectivity index (χ1v) is 7.62. The lowest BCUT2D eigenvalue weighted by atomic mass is 10.1. The number of rotatable bonds is 5. The third-order valence-corrected chi connectivity index (χ3v) is 3.76. The van der Waals surface area contributed by atoms with Gasteiger partial charge >= 0.3 is 0 Å². The Morgan fingerprint density at radius 2 is 1.95 bits per heavy atom. The van der Waals surface area contributed by atoms with Crippen molar-refractivity contribution in [3.8, 4) is 28.8 Å². The SMILES string of the molecule is CCOc1cc(OCC)c(Br)c(-c2ccc(C#N)c(=O)[nH]2)c1. The largest absolute Gasteiger partial charge is 0.494 e. The van der Waals surface area contributed by atoms with Crippen molar-refractivity contribution in [2.45, 2.75) is 13.8 Å². The molecule has 1 heterocycles. The van der Waals surface area contributed by atoms with Crippen molar-refractivity contribution in [3.63, 3.8) is 0 Å². The number of pyridine rings is 1. The summed E-state index contributed by atoms with van der Waals surface area (Å²) in [7, 11) is 0. The molecule has 1 N–H and O–H groups in total. The minimum Gasteiger partial charge on any atom is -0.494 e. The number of nitriles is 1. The van der Waals surface area contributed by atoms with E-state index in [9.17, 15) is 4.79 Å². The van der Waals surface area contributed by atoms with Gasteiger partial charge in [0, 0.05) is 17.3 Å². The minimum absolute atomic E-state index is 0.0749. The van der Waals surface area contributed by atoms with E-state index in [2.05, 4.69) is 20.9 Å². The first-order chi connectivity index (χ1) is 10.6. The lowest BCUT2D eigenvalue weighted by molar-refractivity contribution is 0.322. The molecule has 0 spiro atoms. The maximum Gasteiger partial charge on any atom is 0.266 e. The second-order valence-corrected chi connectivity index (χ2v) is 5.17. The van der Waals surface area contributed by atoms with Crippen LogP contribution in [0.25, 0.3) is 11.3 Å². The smallest absolute Gasteiger partial charge is 0.266 e. The van der Waals surface area contributed by atoms with Gasteiger partial charge in [-0.15, -0.1) is 0 Å². The highest BCUT2D eigenvalue weighted by molar-refractivity contribution is 9.10. The summed E-state index contributed by atoms with van der Waals surface area (Å²) in [5.74, 6) is 1.28. The maximum absolute atomic E-state index is 11.8. The van der Waals surface area contributed by atoms with E-state index in [1.165, 1.54) is 6.07 Å². The van der Waals surface area contributed by atoms with Crippen LogP contribution in [0.3, 0.4) is 0 Å². The summed E-state index contributed by atoms with van der Waals surface area (Å²) in [6.45, 7) is 4.82. The Labute approximate surface area is 136 Å². The van der Waals surface area contributed by atoms with Crippen molar-refractivity contribution in [2.75, 3.05) is 13.2 Å². The maximum atomic E-state index is 11.8. The van der Waals surface area contributed by atoms with E-state index in [1.54, 1.807) is 12.1 Å². The molecule has 0 bridgehead atoms. The average molecular weight is 363 g/mol. The van der Waals surface area contributed by atoms with E-state index in [1.807, 2.05) is 26.0 Å². The number of nitrogens with zero attached hydrogens (tertiary/aromatic N) is 1. The van der Waals surface area contributed by atoms with E-state index in [0.717, 1.165) is 10.0 Å². The average Bonchev–Trinajstić information content (AvgIpc) is 2.50. The zero-order valence-corrected chi connectivity index (χ0v) is 13.9. The summed E-state index contributed by atoms with van der Waals surface area (Å²) in [5.41, 5.74) is 0.965. The number of benzene rings is 1. The Morgan fingerprint density at radius 1 is 1.23 bits per heavy atom. The van der Waals surface area contributed by atoms with Gasteiger partial charge in [-0.25, -0.2) is 0 Å². The van der Waals surface area contributed by atoms with Crippen molar-refractivity contribution in [3.05, 3.63) is 44.7 Å². The zero-order chi connectivity index (χ0) is 16.1. The minimum atomic E-state index is -0.424. The van der Waals surface area contributed by atoms with E-state index >= 15 is 0 Å². The van der Waals surface area contributed by atoms with Crippen LogP contribution in [-0.2, 0) is 0 Å². The number of hydrogen-bond acceptors (Lipinski definition) is 4. The monoisotopic (exact) mass is 362 g/mol. The number of aromatic amines is 1. The highest BCUT2D eigenvalue weighted by Gasteiger charge is 2.14. The molecule has 2 aromatic rings. The van der Waals surface area contributed by atoms with Crippen LogP contribution in [0.2, 0.25) is 0 Å². The fourth-order valence-electron chi connectivity index (χ4n) is 2.00. The van der Waals surface area contributed by atoms with Crippen LogP contribution in [0.4, 0.5) is 0 Å². The number of hydrogen-bond donors (Lipinski definition) is 1. The van der Waals surface area contributed by atoms with Gasteiger partial charge in [-0.2, -0.15) is 5.26 Å². The zero-order valence-electron chi connectivity index (χ0n) is 12.3. The molecular weight excluding hydrogens is 348 g/mol. The molecule has 0 unspecified atom stereocenters. The van der Waals surface area contributed by atoms with Gasteiger partial charge in [0.25, 0.3) is 5.56 Å². The lowest BCUT2D eigenvalue weighted by Crippen LogP contribution is -2.10. The lowest BCUT2D eigenvalue weighted by Gasteiger charge is -2.14. The predicted octanol–water partition coefficient (Wildman–Crippen LogP) is 3.47. The molecule has 0 fully saturated rings. The Morgan fingerprint density at radius 3 is 2.55 bits per heavy atom. The number of H-pyrrole nitrogens is 1. The molecule has 0 saturated heterocycles. The molecule has 5 nitrogen and oxygen atoms in total. The Kier molecular flexibility index (Phi) is 5.23. The second kappa shape index (κ2) is 7.14. The van der Waals surface area contributed by atoms with Crippen molar-refractivity contribution < 1.29 is 9.47 Å². The first kappa shape index (κ1) is 16.1. The number of aromatic nitrogens is 1.